The van der Waals surface area contributed by atoms with E-state index in [9.17, 15) is 14.4 Å². The van der Waals surface area contributed by atoms with Crippen LogP contribution in [0.15, 0.2) is 65.0 Å². The predicted molar refractivity (Wildman–Crippen MR) is 121 cm³/mol. The van der Waals surface area contributed by atoms with Gasteiger partial charge in [-0.25, -0.2) is 4.98 Å². The van der Waals surface area contributed by atoms with Gasteiger partial charge in [-0.15, -0.1) is 11.3 Å². The van der Waals surface area contributed by atoms with Gasteiger partial charge in [0.1, 0.15) is 4.83 Å². The molecule has 0 fully saturated rings. The van der Waals surface area contributed by atoms with Crippen molar-refractivity contribution in [1.82, 2.24) is 14.5 Å². The lowest BCUT2D eigenvalue weighted by atomic mass is 10.1. The molecule has 5 rings (SSSR count). The van der Waals surface area contributed by atoms with Crippen LogP contribution in [0.4, 0.5) is 0 Å². The fourth-order valence-electron chi connectivity index (χ4n) is 3.81. The molecule has 0 unspecified atom stereocenters. The Bertz CT molecular complexity index is 1360. The molecule has 2 aromatic heterocycles. The molecule has 0 radical (unpaired) electrons. The summed E-state index contributed by atoms with van der Waals surface area (Å²) >= 11 is 7.40. The SMILES string of the molecule is O=C1c2ccccc2C(=O)N1CCCn1cnc2scc(-c3ccc(Cl)cc3)c2c1=O. The Labute approximate surface area is 186 Å². The summed E-state index contributed by atoms with van der Waals surface area (Å²) in [5.41, 5.74) is 2.44. The Balaban J connectivity index is 1.37. The molecule has 6 nitrogen and oxygen atoms in total. The molecule has 3 heterocycles. The minimum absolute atomic E-state index is 0.140. The fraction of sp³-hybridized carbons (Fsp3) is 0.130. The summed E-state index contributed by atoms with van der Waals surface area (Å²) in [4.78, 5) is 44.5. The van der Waals surface area contributed by atoms with Gasteiger partial charge < -0.3 is 0 Å². The summed E-state index contributed by atoms with van der Waals surface area (Å²) in [6.45, 7) is 0.593. The first-order valence-corrected chi connectivity index (χ1v) is 11.0. The molecule has 4 aromatic rings. The van der Waals surface area contributed by atoms with E-state index in [0.29, 0.717) is 39.3 Å². The lowest BCUT2D eigenvalue weighted by Crippen LogP contribution is -2.32. The van der Waals surface area contributed by atoms with E-state index in [0.717, 1.165) is 11.1 Å². The van der Waals surface area contributed by atoms with Crippen LogP contribution in [0, 0.1) is 0 Å². The van der Waals surface area contributed by atoms with Crippen LogP contribution >= 0.6 is 22.9 Å². The maximum absolute atomic E-state index is 13.1. The van der Waals surface area contributed by atoms with Gasteiger partial charge >= 0.3 is 0 Å². The van der Waals surface area contributed by atoms with Gasteiger partial charge in [-0.05, 0) is 36.2 Å². The lowest BCUT2D eigenvalue weighted by molar-refractivity contribution is 0.0650. The van der Waals surface area contributed by atoms with Crippen molar-refractivity contribution in [2.45, 2.75) is 13.0 Å². The summed E-state index contributed by atoms with van der Waals surface area (Å²) in [6.07, 6.45) is 1.98. The van der Waals surface area contributed by atoms with Gasteiger partial charge in [0, 0.05) is 29.1 Å². The number of rotatable bonds is 5. The first-order chi connectivity index (χ1) is 15.0. The third-order valence-electron chi connectivity index (χ3n) is 5.37. The van der Waals surface area contributed by atoms with Crippen LogP contribution in [0.3, 0.4) is 0 Å². The van der Waals surface area contributed by atoms with Crippen molar-refractivity contribution < 1.29 is 9.59 Å². The summed E-state index contributed by atoms with van der Waals surface area (Å²) < 4.78 is 1.53. The average molecular weight is 450 g/mol. The minimum Gasteiger partial charge on any atom is -0.299 e. The lowest BCUT2D eigenvalue weighted by Gasteiger charge is -2.14. The Kier molecular flexibility index (Phi) is 4.92. The van der Waals surface area contributed by atoms with Gasteiger partial charge in [0.05, 0.1) is 22.8 Å². The molecule has 0 bridgehead atoms. The first-order valence-electron chi connectivity index (χ1n) is 9.72. The van der Waals surface area contributed by atoms with Crippen LogP contribution in [0.2, 0.25) is 5.02 Å². The van der Waals surface area contributed by atoms with Crippen molar-refractivity contribution in [2.75, 3.05) is 6.54 Å². The van der Waals surface area contributed by atoms with Gasteiger partial charge in [-0.1, -0.05) is 35.9 Å². The molecule has 154 valence electrons. The number of benzene rings is 2. The van der Waals surface area contributed by atoms with Crippen LogP contribution in [0.1, 0.15) is 27.1 Å². The van der Waals surface area contributed by atoms with Crippen LogP contribution in [0.25, 0.3) is 21.3 Å². The number of thiophene rings is 1. The van der Waals surface area contributed by atoms with E-state index in [-0.39, 0.29) is 23.9 Å². The molecule has 2 aromatic carbocycles. The second kappa shape index (κ2) is 7.76. The van der Waals surface area contributed by atoms with Crippen molar-refractivity contribution in [1.29, 1.82) is 0 Å². The molecule has 0 aliphatic carbocycles. The zero-order valence-electron chi connectivity index (χ0n) is 16.2. The normalized spacial score (nSPS) is 13.3. The highest BCUT2D eigenvalue weighted by atomic mass is 35.5. The first kappa shape index (κ1) is 19.7. The van der Waals surface area contributed by atoms with Gasteiger partial charge in [0.25, 0.3) is 17.4 Å². The topological polar surface area (TPSA) is 72.3 Å². The third-order valence-corrected chi connectivity index (χ3v) is 6.51. The largest absolute Gasteiger partial charge is 0.299 e. The van der Waals surface area contributed by atoms with E-state index in [1.165, 1.54) is 27.1 Å². The molecule has 2 amide bonds. The zero-order chi connectivity index (χ0) is 21.5. The standard InChI is InChI=1S/C23H16ClN3O3S/c24-15-8-6-14(7-9-15)18-12-31-20-19(18)23(30)26(13-25-20)10-3-11-27-21(28)16-4-1-2-5-17(16)22(27)29/h1-2,4-9,12-13H,3,10-11H2. The van der Waals surface area contributed by atoms with Crippen molar-refractivity contribution in [3.63, 3.8) is 0 Å². The van der Waals surface area contributed by atoms with Crippen LogP contribution in [-0.2, 0) is 6.54 Å². The summed E-state index contributed by atoms with van der Waals surface area (Å²) in [5, 5.41) is 3.12. The number of hydrogen-bond acceptors (Lipinski definition) is 5. The summed E-state index contributed by atoms with van der Waals surface area (Å²) in [5.74, 6) is -0.575. The smallest absolute Gasteiger partial charge is 0.262 e. The molecule has 0 saturated heterocycles. The van der Waals surface area contributed by atoms with Crippen molar-refractivity contribution in [3.05, 3.63) is 86.7 Å². The molecular formula is C23H16ClN3O3S. The number of imide groups is 1. The highest BCUT2D eigenvalue weighted by Crippen LogP contribution is 2.31. The van der Waals surface area contributed by atoms with Gasteiger partial charge in [-0.2, -0.15) is 0 Å². The molecule has 0 atom stereocenters. The monoisotopic (exact) mass is 449 g/mol. The summed E-state index contributed by atoms with van der Waals surface area (Å²) in [6, 6.07) is 14.1. The Morgan fingerprint density at radius 3 is 2.23 bits per heavy atom. The van der Waals surface area contributed by atoms with Gasteiger partial charge in [0.15, 0.2) is 0 Å². The predicted octanol–water partition coefficient (Wildman–Crippen LogP) is 4.46. The molecule has 31 heavy (non-hydrogen) atoms. The fourth-order valence-corrected chi connectivity index (χ4v) is 4.84. The van der Waals surface area contributed by atoms with Crippen LogP contribution in [-0.4, -0.2) is 32.8 Å². The van der Waals surface area contributed by atoms with E-state index in [2.05, 4.69) is 4.98 Å². The molecule has 1 aliphatic rings. The van der Waals surface area contributed by atoms with Crippen LogP contribution < -0.4 is 5.56 Å². The number of carbonyl (C=O) groups is 2. The zero-order valence-corrected chi connectivity index (χ0v) is 17.8. The number of halogens is 1. The number of aromatic nitrogens is 2. The van der Waals surface area contributed by atoms with E-state index < -0.39 is 0 Å². The van der Waals surface area contributed by atoms with E-state index in [1.54, 1.807) is 36.4 Å². The highest BCUT2D eigenvalue weighted by molar-refractivity contribution is 7.17. The number of carbonyl (C=O) groups excluding carboxylic acids is 2. The van der Waals surface area contributed by atoms with Gasteiger partial charge in [0.2, 0.25) is 0 Å². The van der Waals surface area contributed by atoms with Crippen molar-refractivity contribution in [2.24, 2.45) is 0 Å². The Morgan fingerprint density at radius 2 is 1.55 bits per heavy atom. The maximum atomic E-state index is 13.1. The molecule has 0 spiro atoms. The second-order valence-electron chi connectivity index (χ2n) is 7.24. The quantitative estimate of drug-likeness (QED) is 0.421. The highest BCUT2D eigenvalue weighted by Gasteiger charge is 2.34. The molecule has 1 aliphatic heterocycles. The van der Waals surface area contributed by atoms with E-state index in [1.807, 2.05) is 17.5 Å². The van der Waals surface area contributed by atoms with E-state index >= 15 is 0 Å². The number of amides is 2. The molecule has 0 N–H and O–H groups in total. The summed E-state index contributed by atoms with van der Waals surface area (Å²) in [7, 11) is 0. The second-order valence-corrected chi connectivity index (χ2v) is 8.54. The third kappa shape index (κ3) is 3.36. The van der Waals surface area contributed by atoms with Crippen molar-refractivity contribution in [3.8, 4) is 11.1 Å². The average Bonchev–Trinajstić information content (AvgIpc) is 3.32. The van der Waals surface area contributed by atoms with Crippen molar-refractivity contribution >= 4 is 45.0 Å². The van der Waals surface area contributed by atoms with Gasteiger partial charge in [-0.3, -0.25) is 23.9 Å². The number of hydrogen-bond donors (Lipinski definition) is 0. The minimum atomic E-state index is -0.288. The number of fused-ring (bicyclic) bond motifs is 2. The molecular weight excluding hydrogens is 434 g/mol. The number of aryl methyl sites for hydroxylation is 1. The Morgan fingerprint density at radius 1 is 0.871 bits per heavy atom. The molecule has 8 heteroatoms. The maximum Gasteiger partial charge on any atom is 0.262 e. The number of nitrogens with zero attached hydrogens (tertiary/aromatic N) is 3. The van der Waals surface area contributed by atoms with Crippen LogP contribution in [0.5, 0.6) is 0 Å². The Hall–Kier alpha value is -3.29. The van der Waals surface area contributed by atoms with E-state index in [4.69, 9.17) is 11.6 Å². The molecule has 0 saturated carbocycles.